The first kappa shape index (κ1) is 14.1. The minimum Gasteiger partial charge on any atom is -0.341 e. The van der Waals surface area contributed by atoms with E-state index < -0.39 is 0 Å². The molecule has 0 aliphatic carbocycles. The van der Waals surface area contributed by atoms with Gasteiger partial charge in [0.1, 0.15) is 6.54 Å². The molecule has 112 valence electrons. The van der Waals surface area contributed by atoms with Gasteiger partial charge in [0.2, 0.25) is 5.91 Å². The highest BCUT2D eigenvalue weighted by atomic mass is 16.2. The summed E-state index contributed by atoms with van der Waals surface area (Å²) in [6, 6.07) is 8.41. The molecule has 0 bridgehead atoms. The number of aromatic nitrogens is 1. The maximum atomic E-state index is 12.4. The molecule has 0 spiro atoms. The number of carbonyl (C=O) groups is 1. The van der Waals surface area contributed by atoms with Gasteiger partial charge < -0.3 is 14.8 Å². The molecule has 0 radical (unpaired) electrons. The molecule has 1 aliphatic rings. The van der Waals surface area contributed by atoms with Gasteiger partial charge in [-0.3, -0.25) is 4.79 Å². The quantitative estimate of drug-likeness (QED) is 0.936. The summed E-state index contributed by atoms with van der Waals surface area (Å²) in [7, 11) is 1.95. The first-order valence-electron chi connectivity index (χ1n) is 7.78. The van der Waals surface area contributed by atoms with Gasteiger partial charge in [0.25, 0.3) is 0 Å². The van der Waals surface area contributed by atoms with Gasteiger partial charge in [0.05, 0.1) is 0 Å². The van der Waals surface area contributed by atoms with Crippen LogP contribution in [-0.2, 0) is 17.9 Å². The molecule has 4 nitrogen and oxygen atoms in total. The first-order chi connectivity index (χ1) is 10.3. The molecule has 1 amide bonds. The highest BCUT2D eigenvalue weighted by molar-refractivity contribution is 5.86. The lowest BCUT2D eigenvalue weighted by Crippen LogP contribution is -2.37. The van der Waals surface area contributed by atoms with E-state index in [-0.39, 0.29) is 5.91 Å². The van der Waals surface area contributed by atoms with E-state index in [2.05, 4.69) is 34.1 Å². The van der Waals surface area contributed by atoms with E-state index in [0.717, 1.165) is 38.0 Å². The molecule has 2 heterocycles. The van der Waals surface area contributed by atoms with Crippen molar-refractivity contribution in [1.82, 2.24) is 14.8 Å². The van der Waals surface area contributed by atoms with Gasteiger partial charge in [-0.05, 0) is 44.0 Å². The highest BCUT2D eigenvalue weighted by Gasteiger charge is 2.17. The van der Waals surface area contributed by atoms with Crippen LogP contribution < -0.4 is 5.32 Å². The molecule has 2 aromatic rings. The summed E-state index contributed by atoms with van der Waals surface area (Å²) >= 11 is 0. The summed E-state index contributed by atoms with van der Waals surface area (Å²) in [4.78, 5) is 14.4. The number of carbonyl (C=O) groups excluding carboxylic acids is 1. The second kappa shape index (κ2) is 6.31. The summed E-state index contributed by atoms with van der Waals surface area (Å²) < 4.78 is 2.07. The van der Waals surface area contributed by atoms with Crippen molar-refractivity contribution in [3.8, 4) is 0 Å². The summed E-state index contributed by atoms with van der Waals surface area (Å²) in [5, 5.41) is 4.43. The van der Waals surface area contributed by atoms with Gasteiger partial charge in [-0.1, -0.05) is 12.1 Å². The smallest absolute Gasteiger partial charge is 0.242 e. The molecule has 1 saturated heterocycles. The summed E-state index contributed by atoms with van der Waals surface area (Å²) in [6.45, 7) is 3.14. The van der Waals surface area contributed by atoms with E-state index in [1.165, 1.54) is 17.4 Å². The fourth-order valence-electron chi connectivity index (χ4n) is 3.16. The number of benzene rings is 1. The second-order valence-corrected chi connectivity index (χ2v) is 5.77. The van der Waals surface area contributed by atoms with Gasteiger partial charge >= 0.3 is 0 Å². The zero-order valence-corrected chi connectivity index (χ0v) is 12.6. The molecule has 3 rings (SSSR count). The maximum absolute atomic E-state index is 12.4. The largest absolute Gasteiger partial charge is 0.341 e. The first-order valence-corrected chi connectivity index (χ1v) is 7.78. The molecule has 0 atom stereocenters. The van der Waals surface area contributed by atoms with E-state index >= 15 is 0 Å². The number of nitrogens with one attached hydrogen (secondary N) is 1. The Labute approximate surface area is 125 Å². The van der Waals surface area contributed by atoms with Crippen molar-refractivity contribution in [2.24, 2.45) is 0 Å². The summed E-state index contributed by atoms with van der Waals surface area (Å²) in [6.07, 6.45) is 5.57. The Bertz CT molecular complexity index is 626. The Morgan fingerprint density at radius 1 is 1.19 bits per heavy atom. The van der Waals surface area contributed by atoms with E-state index in [0.29, 0.717) is 6.54 Å². The van der Waals surface area contributed by atoms with E-state index in [1.807, 2.05) is 18.1 Å². The number of rotatable bonds is 4. The third-order valence-corrected chi connectivity index (χ3v) is 4.29. The van der Waals surface area contributed by atoms with E-state index in [9.17, 15) is 4.79 Å². The molecular weight excluding hydrogens is 262 g/mol. The second-order valence-electron chi connectivity index (χ2n) is 5.77. The fraction of sp³-hybridized carbons (Fsp3) is 0.471. The molecular formula is C17H23N3O. The number of amides is 1. The van der Waals surface area contributed by atoms with Crippen LogP contribution in [0, 0.1) is 0 Å². The van der Waals surface area contributed by atoms with Gasteiger partial charge in [-0.15, -0.1) is 0 Å². The number of fused-ring (bicyclic) bond motifs is 1. The van der Waals surface area contributed by atoms with Crippen molar-refractivity contribution in [3.63, 3.8) is 0 Å². The number of nitrogens with zero attached hydrogens (tertiary/aromatic N) is 2. The van der Waals surface area contributed by atoms with Crippen molar-refractivity contribution in [1.29, 1.82) is 0 Å². The molecule has 0 unspecified atom stereocenters. The molecule has 1 aliphatic heterocycles. The third kappa shape index (κ3) is 2.95. The molecule has 4 heteroatoms. The summed E-state index contributed by atoms with van der Waals surface area (Å²) in [5.74, 6) is 0.242. The Balaban J connectivity index is 1.81. The maximum Gasteiger partial charge on any atom is 0.242 e. The van der Waals surface area contributed by atoms with Crippen LogP contribution in [0.1, 0.15) is 24.8 Å². The predicted molar refractivity (Wildman–Crippen MR) is 85.1 cm³/mol. The molecule has 21 heavy (non-hydrogen) atoms. The van der Waals surface area contributed by atoms with Gasteiger partial charge in [-0.2, -0.15) is 0 Å². The standard InChI is InChI=1S/C17H23N3O/c1-18-12-14-6-5-7-16-15(14)8-11-20(16)13-17(21)19-9-3-2-4-10-19/h5-8,11,18H,2-4,9-10,12-13H2,1H3. The van der Waals surface area contributed by atoms with Crippen LogP contribution in [-0.4, -0.2) is 35.5 Å². The SMILES string of the molecule is CNCc1cccc2c1ccn2CC(=O)N1CCCCC1. The number of hydrogen-bond acceptors (Lipinski definition) is 2. The number of piperidine rings is 1. The van der Waals surface area contributed by atoms with Crippen LogP contribution in [0.5, 0.6) is 0 Å². The molecule has 1 aromatic heterocycles. The van der Waals surface area contributed by atoms with Crippen LogP contribution in [0.25, 0.3) is 10.9 Å². The Morgan fingerprint density at radius 2 is 2.00 bits per heavy atom. The Hall–Kier alpha value is -1.81. The van der Waals surface area contributed by atoms with Crippen LogP contribution >= 0.6 is 0 Å². The zero-order chi connectivity index (χ0) is 14.7. The fourth-order valence-corrected chi connectivity index (χ4v) is 3.16. The van der Waals surface area contributed by atoms with Crippen LogP contribution in [0.3, 0.4) is 0 Å². The molecule has 1 fully saturated rings. The van der Waals surface area contributed by atoms with Crippen molar-refractivity contribution in [3.05, 3.63) is 36.0 Å². The minimum atomic E-state index is 0.242. The summed E-state index contributed by atoms with van der Waals surface area (Å²) in [5.41, 5.74) is 2.42. The number of likely N-dealkylation sites (tertiary alicyclic amines) is 1. The van der Waals surface area contributed by atoms with Gasteiger partial charge in [0.15, 0.2) is 0 Å². The lowest BCUT2D eigenvalue weighted by atomic mass is 10.1. The monoisotopic (exact) mass is 285 g/mol. The topological polar surface area (TPSA) is 37.3 Å². The lowest BCUT2D eigenvalue weighted by molar-refractivity contribution is -0.132. The van der Waals surface area contributed by atoms with E-state index in [4.69, 9.17) is 0 Å². The highest BCUT2D eigenvalue weighted by Crippen LogP contribution is 2.21. The average Bonchev–Trinajstić information content (AvgIpc) is 2.93. The van der Waals surface area contributed by atoms with Crippen molar-refractivity contribution >= 4 is 16.8 Å². The predicted octanol–water partition coefficient (Wildman–Crippen LogP) is 2.37. The van der Waals surface area contributed by atoms with Gasteiger partial charge in [0, 0.05) is 36.7 Å². The molecule has 1 aromatic carbocycles. The van der Waals surface area contributed by atoms with Crippen molar-refractivity contribution in [2.75, 3.05) is 20.1 Å². The molecule has 0 saturated carbocycles. The molecule has 1 N–H and O–H groups in total. The van der Waals surface area contributed by atoms with Crippen molar-refractivity contribution < 1.29 is 4.79 Å². The Morgan fingerprint density at radius 3 is 2.76 bits per heavy atom. The van der Waals surface area contributed by atoms with Crippen LogP contribution in [0.2, 0.25) is 0 Å². The minimum absolute atomic E-state index is 0.242. The number of hydrogen-bond donors (Lipinski definition) is 1. The third-order valence-electron chi connectivity index (χ3n) is 4.29. The Kier molecular flexibility index (Phi) is 4.25. The van der Waals surface area contributed by atoms with Crippen LogP contribution in [0.15, 0.2) is 30.5 Å². The average molecular weight is 285 g/mol. The normalized spacial score (nSPS) is 15.6. The van der Waals surface area contributed by atoms with E-state index in [1.54, 1.807) is 0 Å². The lowest BCUT2D eigenvalue weighted by Gasteiger charge is -2.27. The van der Waals surface area contributed by atoms with Crippen LogP contribution in [0.4, 0.5) is 0 Å². The van der Waals surface area contributed by atoms with Gasteiger partial charge in [-0.25, -0.2) is 0 Å². The van der Waals surface area contributed by atoms with Crippen molar-refractivity contribution in [2.45, 2.75) is 32.4 Å². The zero-order valence-electron chi connectivity index (χ0n) is 12.6.